The Morgan fingerprint density at radius 2 is 1.89 bits per heavy atom. The summed E-state index contributed by atoms with van der Waals surface area (Å²) in [5, 5.41) is 6.67. The van der Waals surface area contributed by atoms with Gasteiger partial charge >= 0.3 is 0 Å². The van der Waals surface area contributed by atoms with Crippen molar-refractivity contribution in [3.05, 3.63) is 42.2 Å². The normalized spacial score (nSPS) is 11.4. The zero-order chi connectivity index (χ0) is 13.4. The van der Waals surface area contributed by atoms with E-state index >= 15 is 0 Å². The number of nitrogens with zero attached hydrogens (tertiary/aromatic N) is 2. The zero-order valence-corrected chi connectivity index (χ0v) is 11.4. The first-order chi connectivity index (χ1) is 9.20. The van der Waals surface area contributed by atoms with Crippen molar-refractivity contribution in [3.8, 4) is 0 Å². The molecule has 3 aromatic rings. The molecule has 2 heterocycles. The minimum absolute atomic E-state index is 0.451. The number of nitrogens with one attached hydrogen (secondary N) is 1. The molecule has 0 unspecified atom stereocenters. The molecule has 3 nitrogen and oxygen atoms in total. The second-order valence-corrected chi connectivity index (χ2v) is 5.06. The molecule has 1 aromatic carbocycles. The standard InChI is InChI=1S/C16H17N3/c1-10(2)14-8-11-4-5-12-9-18-7-6-13(12)15(11)19-16(14)17-3/h4-10H,1-3H3,(H,17,19). The van der Waals surface area contributed by atoms with Crippen molar-refractivity contribution in [1.29, 1.82) is 0 Å². The molecule has 0 aliphatic carbocycles. The molecule has 0 radical (unpaired) electrons. The minimum atomic E-state index is 0.451. The van der Waals surface area contributed by atoms with Gasteiger partial charge in [-0.15, -0.1) is 0 Å². The third kappa shape index (κ3) is 1.91. The minimum Gasteiger partial charge on any atom is -0.373 e. The van der Waals surface area contributed by atoms with Crippen LogP contribution in [0.15, 0.2) is 36.7 Å². The number of hydrogen-bond donors (Lipinski definition) is 1. The van der Waals surface area contributed by atoms with E-state index in [1.165, 1.54) is 10.9 Å². The summed E-state index contributed by atoms with van der Waals surface area (Å²) in [5.41, 5.74) is 2.29. The van der Waals surface area contributed by atoms with Crippen molar-refractivity contribution in [2.75, 3.05) is 12.4 Å². The van der Waals surface area contributed by atoms with Gasteiger partial charge in [-0.1, -0.05) is 26.0 Å². The Labute approximate surface area is 112 Å². The van der Waals surface area contributed by atoms with Crippen LogP contribution < -0.4 is 5.32 Å². The maximum absolute atomic E-state index is 4.80. The van der Waals surface area contributed by atoms with E-state index in [-0.39, 0.29) is 0 Å². The van der Waals surface area contributed by atoms with Gasteiger partial charge in [-0.2, -0.15) is 0 Å². The lowest BCUT2D eigenvalue weighted by Gasteiger charge is -2.13. The second-order valence-electron chi connectivity index (χ2n) is 5.06. The monoisotopic (exact) mass is 251 g/mol. The molecule has 0 aliphatic rings. The van der Waals surface area contributed by atoms with E-state index in [1.54, 1.807) is 0 Å². The fourth-order valence-electron chi connectivity index (χ4n) is 2.46. The molecule has 1 N–H and O–H groups in total. The lowest BCUT2D eigenvalue weighted by molar-refractivity contribution is 0.864. The SMILES string of the molecule is CNc1nc2c(ccc3cnccc32)cc1C(C)C. The van der Waals surface area contributed by atoms with Crippen molar-refractivity contribution in [2.24, 2.45) is 0 Å². The second kappa shape index (κ2) is 4.50. The van der Waals surface area contributed by atoms with Crippen LogP contribution in [-0.4, -0.2) is 17.0 Å². The van der Waals surface area contributed by atoms with Crippen molar-refractivity contribution < 1.29 is 0 Å². The number of pyridine rings is 2. The summed E-state index contributed by atoms with van der Waals surface area (Å²) in [4.78, 5) is 8.97. The lowest BCUT2D eigenvalue weighted by atomic mass is 10.00. The highest BCUT2D eigenvalue weighted by Crippen LogP contribution is 2.30. The Morgan fingerprint density at radius 1 is 1.11 bits per heavy atom. The molecule has 3 rings (SSSR count). The average Bonchev–Trinajstić information content (AvgIpc) is 2.45. The maximum atomic E-state index is 4.80. The summed E-state index contributed by atoms with van der Waals surface area (Å²) < 4.78 is 0. The number of hydrogen-bond acceptors (Lipinski definition) is 3. The van der Waals surface area contributed by atoms with Crippen LogP contribution in [0, 0.1) is 0 Å². The summed E-state index contributed by atoms with van der Waals surface area (Å²) in [6.07, 6.45) is 3.70. The van der Waals surface area contributed by atoms with Crippen LogP contribution in [0.5, 0.6) is 0 Å². The number of anilines is 1. The summed E-state index contributed by atoms with van der Waals surface area (Å²) >= 11 is 0. The van der Waals surface area contributed by atoms with E-state index in [1.807, 2.05) is 25.5 Å². The van der Waals surface area contributed by atoms with E-state index in [0.717, 1.165) is 22.1 Å². The first-order valence-electron chi connectivity index (χ1n) is 6.56. The number of fused-ring (bicyclic) bond motifs is 3. The van der Waals surface area contributed by atoms with Gasteiger partial charge in [0.2, 0.25) is 0 Å². The van der Waals surface area contributed by atoms with Gasteiger partial charge in [-0.05, 0) is 23.6 Å². The molecule has 0 amide bonds. The third-order valence-electron chi connectivity index (χ3n) is 3.49. The molecule has 0 spiro atoms. The predicted octanol–water partition coefficient (Wildman–Crippen LogP) is 3.95. The van der Waals surface area contributed by atoms with Crippen molar-refractivity contribution in [1.82, 2.24) is 9.97 Å². The molecule has 2 aromatic heterocycles. The van der Waals surface area contributed by atoms with Gasteiger partial charge < -0.3 is 5.32 Å². The molecule has 0 saturated carbocycles. The predicted molar refractivity (Wildman–Crippen MR) is 80.7 cm³/mol. The van der Waals surface area contributed by atoms with E-state index < -0.39 is 0 Å². The highest BCUT2D eigenvalue weighted by molar-refractivity contribution is 6.05. The molecule has 0 saturated heterocycles. The van der Waals surface area contributed by atoms with Crippen LogP contribution in [0.4, 0.5) is 5.82 Å². The van der Waals surface area contributed by atoms with E-state index in [9.17, 15) is 0 Å². The first-order valence-corrected chi connectivity index (χ1v) is 6.56. The average molecular weight is 251 g/mol. The fourth-order valence-corrected chi connectivity index (χ4v) is 2.46. The van der Waals surface area contributed by atoms with Crippen LogP contribution in [0.25, 0.3) is 21.7 Å². The Bertz CT molecular complexity index is 747. The maximum Gasteiger partial charge on any atom is 0.129 e. The van der Waals surface area contributed by atoms with Crippen molar-refractivity contribution >= 4 is 27.5 Å². The number of rotatable bonds is 2. The Morgan fingerprint density at radius 3 is 2.63 bits per heavy atom. The van der Waals surface area contributed by atoms with Crippen molar-refractivity contribution in [2.45, 2.75) is 19.8 Å². The van der Waals surface area contributed by atoms with Gasteiger partial charge in [-0.25, -0.2) is 4.98 Å². The molecule has 0 atom stereocenters. The molecule has 96 valence electrons. The van der Waals surface area contributed by atoms with Crippen LogP contribution in [-0.2, 0) is 0 Å². The van der Waals surface area contributed by atoms with E-state index in [2.05, 4.69) is 42.3 Å². The number of aromatic nitrogens is 2. The Hall–Kier alpha value is -2.16. The van der Waals surface area contributed by atoms with Gasteiger partial charge in [0.05, 0.1) is 5.52 Å². The van der Waals surface area contributed by atoms with Crippen LogP contribution in [0.1, 0.15) is 25.3 Å². The van der Waals surface area contributed by atoms with Crippen LogP contribution in [0.2, 0.25) is 0 Å². The Kier molecular flexibility index (Phi) is 2.82. The quantitative estimate of drug-likeness (QED) is 0.701. The lowest BCUT2D eigenvalue weighted by Crippen LogP contribution is -2.01. The summed E-state index contributed by atoms with van der Waals surface area (Å²) in [5.74, 6) is 1.42. The summed E-state index contributed by atoms with van der Waals surface area (Å²) in [6.45, 7) is 4.38. The molecule has 0 fully saturated rings. The molecular formula is C16H17N3. The van der Waals surface area contributed by atoms with Crippen molar-refractivity contribution in [3.63, 3.8) is 0 Å². The van der Waals surface area contributed by atoms with Gasteiger partial charge in [0.1, 0.15) is 5.82 Å². The highest BCUT2D eigenvalue weighted by atomic mass is 15.0. The zero-order valence-electron chi connectivity index (χ0n) is 11.4. The van der Waals surface area contributed by atoms with Crippen LogP contribution in [0.3, 0.4) is 0 Å². The smallest absolute Gasteiger partial charge is 0.129 e. The van der Waals surface area contributed by atoms with Gasteiger partial charge in [-0.3, -0.25) is 4.98 Å². The van der Waals surface area contributed by atoms with Gasteiger partial charge in [0.25, 0.3) is 0 Å². The first kappa shape index (κ1) is 11.9. The molecule has 0 bridgehead atoms. The molecule has 3 heteroatoms. The summed E-state index contributed by atoms with van der Waals surface area (Å²) in [6, 6.07) is 8.49. The fraction of sp³-hybridized carbons (Fsp3) is 0.250. The number of benzene rings is 1. The van der Waals surface area contributed by atoms with Gasteiger partial charge in [0.15, 0.2) is 0 Å². The van der Waals surface area contributed by atoms with Gasteiger partial charge in [0, 0.05) is 35.6 Å². The molecule has 19 heavy (non-hydrogen) atoms. The third-order valence-corrected chi connectivity index (χ3v) is 3.49. The highest BCUT2D eigenvalue weighted by Gasteiger charge is 2.10. The molecule has 0 aliphatic heterocycles. The largest absolute Gasteiger partial charge is 0.373 e. The Balaban J connectivity index is 2.41. The molecular weight excluding hydrogens is 234 g/mol. The topological polar surface area (TPSA) is 37.8 Å². The summed E-state index contributed by atoms with van der Waals surface area (Å²) in [7, 11) is 1.92. The van der Waals surface area contributed by atoms with E-state index in [4.69, 9.17) is 4.98 Å². The van der Waals surface area contributed by atoms with Crippen LogP contribution >= 0.6 is 0 Å². The van der Waals surface area contributed by atoms with E-state index in [0.29, 0.717) is 5.92 Å².